The number of rotatable bonds is 12. The summed E-state index contributed by atoms with van der Waals surface area (Å²) in [5.41, 5.74) is 2.33. The van der Waals surface area contributed by atoms with Crippen LogP contribution >= 0.6 is 0 Å². The number of hydrogen-bond acceptors (Lipinski definition) is 6. The van der Waals surface area contributed by atoms with Gasteiger partial charge < -0.3 is 19.5 Å². The Morgan fingerprint density at radius 1 is 1.17 bits per heavy atom. The van der Waals surface area contributed by atoms with Crippen molar-refractivity contribution in [2.45, 2.75) is 33.4 Å². The normalized spacial score (nSPS) is 16.8. The molecule has 1 aliphatic rings. The van der Waals surface area contributed by atoms with Gasteiger partial charge in [-0.3, -0.25) is 9.80 Å². The molecule has 1 N–H and O–H groups in total. The van der Waals surface area contributed by atoms with Crippen molar-refractivity contribution in [2.75, 3.05) is 66.1 Å². The molecule has 0 spiro atoms. The van der Waals surface area contributed by atoms with Gasteiger partial charge in [-0.15, -0.1) is 0 Å². The predicted molar refractivity (Wildman–Crippen MR) is 119 cm³/mol. The van der Waals surface area contributed by atoms with Crippen LogP contribution in [0.15, 0.2) is 30.4 Å². The quantitative estimate of drug-likeness (QED) is 0.539. The Bertz CT molecular complexity index is 630. The first kappa shape index (κ1) is 23.7. The number of aliphatic hydroxyl groups excluding tert-OH is 1. The maximum Gasteiger partial charge on any atom is 0.161 e. The van der Waals surface area contributed by atoms with E-state index in [2.05, 4.69) is 48.1 Å². The molecular weight excluding hydrogens is 366 g/mol. The zero-order chi connectivity index (χ0) is 21.2. The smallest absolute Gasteiger partial charge is 0.161 e. The van der Waals surface area contributed by atoms with E-state index in [0.717, 1.165) is 57.9 Å². The van der Waals surface area contributed by atoms with Crippen LogP contribution in [-0.4, -0.2) is 92.0 Å². The fourth-order valence-corrected chi connectivity index (χ4v) is 3.67. The van der Waals surface area contributed by atoms with E-state index in [4.69, 9.17) is 9.47 Å². The minimum atomic E-state index is -0.515. The van der Waals surface area contributed by atoms with Crippen LogP contribution in [0.25, 0.3) is 0 Å². The number of hydrogen-bond donors (Lipinski definition) is 1. The van der Waals surface area contributed by atoms with Crippen molar-refractivity contribution in [3.63, 3.8) is 0 Å². The van der Waals surface area contributed by atoms with Crippen LogP contribution in [-0.2, 0) is 6.54 Å². The molecule has 1 heterocycles. The van der Waals surface area contributed by atoms with Crippen molar-refractivity contribution in [1.29, 1.82) is 0 Å². The summed E-state index contributed by atoms with van der Waals surface area (Å²) >= 11 is 0. The van der Waals surface area contributed by atoms with Crippen molar-refractivity contribution in [1.82, 2.24) is 14.7 Å². The Balaban J connectivity index is 1.86. The van der Waals surface area contributed by atoms with E-state index in [1.807, 2.05) is 12.1 Å². The summed E-state index contributed by atoms with van der Waals surface area (Å²) in [6, 6.07) is 6.03. The van der Waals surface area contributed by atoms with Gasteiger partial charge in [0.05, 0.1) is 7.11 Å². The molecule has 1 aromatic rings. The van der Waals surface area contributed by atoms with Crippen LogP contribution in [0.3, 0.4) is 0 Å². The summed E-state index contributed by atoms with van der Waals surface area (Å²) in [6.07, 6.45) is -0.515. The first-order chi connectivity index (χ1) is 13.9. The molecule has 1 unspecified atom stereocenters. The van der Waals surface area contributed by atoms with Crippen molar-refractivity contribution in [2.24, 2.45) is 0 Å². The summed E-state index contributed by atoms with van der Waals surface area (Å²) in [7, 11) is 1.65. The Morgan fingerprint density at radius 3 is 2.45 bits per heavy atom. The molecule has 1 saturated heterocycles. The monoisotopic (exact) mass is 405 g/mol. The minimum absolute atomic E-state index is 0.264. The van der Waals surface area contributed by atoms with Crippen LogP contribution in [0, 0.1) is 0 Å². The summed E-state index contributed by atoms with van der Waals surface area (Å²) in [5, 5.41) is 10.4. The molecule has 29 heavy (non-hydrogen) atoms. The van der Waals surface area contributed by atoms with Gasteiger partial charge in [-0.2, -0.15) is 0 Å². The predicted octanol–water partition coefficient (Wildman–Crippen LogP) is 2.47. The number of methoxy groups -OCH3 is 1. The largest absolute Gasteiger partial charge is 0.493 e. The molecule has 1 aliphatic heterocycles. The highest BCUT2D eigenvalue weighted by atomic mass is 16.5. The molecular formula is C23H39N3O3. The van der Waals surface area contributed by atoms with Crippen molar-refractivity contribution in [3.8, 4) is 11.5 Å². The molecule has 164 valence electrons. The average molecular weight is 406 g/mol. The first-order valence-electron chi connectivity index (χ1n) is 10.7. The van der Waals surface area contributed by atoms with Crippen molar-refractivity contribution >= 4 is 0 Å². The lowest BCUT2D eigenvalue weighted by atomic mass is 10.1. The summed E-state index contributed by atoms with van der Waals surface area (Å²) < 4.78 is 11.4. The third kappa shape index (κ3) is 7.97. The molecule has 0 aliphatic carbocycles. The molecule has 1 atom stereocenters. The second kappa shape index (κ2) is 12.2. The highest BCUT2D eigenvalue weighted by molar-refractivity contribution is 5.43. The van der Waals surface area contributed by atoms with Gasteiger partial charge in [0.25, 0.3) is 0 Å². The molecule has 2 rings (SSSR count). The van der Waals surface area contributed by atoms with Crippen LogP contribution in [0.4, 0.5) is 0 Å². The minimum Gasteiger partial charge on any atom is -0.493 e. The third-order valence-corrected chi connectivity index (χ3v) is 5.39. The van der Waals surface area contributed by atoms with Gasteiger partial charge in [0.1, 0.15) is 12.7 Å². The number of benzene rings is 1. The van der Waals surface area contributed by atoms with Gasteiger partial charge in [-0.1, -0.05) is 32.1 Å². The summed E-state index contributed by atoms with van der Waals surface area (Å²) in [4.78, 5) is 7.07. The Labute approximate surface area is 176 Å². The maximum atomic E-state index is 10.4. The lowest BCUT2D eigenvalue weighted by Crippen LogP contribution is -2.49. The van der Waals surface area contributed by atoms with Gasteiger partial charge in [-0.05, 0) is 37.7 Å². The SMILES string of the molecule is C=C(C)CN(CC)Cc1ccc(OCC(O)CN2CCN(CC)CC2)c(OC)c1. The second-order valence-corrected chi connectivity index (χ2v) is 7.95. The van der Waals surface area contributed by atoms with Crippen molar-refractivity contribution < 1.29 is 14.6 Å². The van der Waals surface area contributed by atoms with Crippen LogP contribution in [0.1, 0.15) is 26.3 Å². The van der Waals surface area contributed by atoms with Crippen LogP contribution in [0.5, 0.6) is 11.5 Å². The van der Waals surface area contributed by atoms with E-state index < -0.39 is 6.10 Å². The Morgan fingerprint density at radius 2 is 1.86 bits per heavy atom. The van der Waals surface area contributed by atoms with Crippen LogP contribution in [0.2, 0.25) is 0 Å². The second-order valence-electron chi connectivity index (χ2n) is 7.95. The molecule has 0 saturated carbocycles. The lowest BCUT2D eigenvalue weighted by molar-refractivity contribution is 0.0464. The molecule has 6 nitrogen and oxygen atoms in total. The molecule has 0 aromatic heterocycles. The van der Waals surface area contributed by atoms with E-state index in [1.54, 1.807) is 7.11 Å². The van der Waals surface area contributed by atoms with Crippen LogP contribution < -0.4 is 9.47 Å². The molecule has 6 heteroatoms. The number of β-amino-alcohol motifs (C(OH)–C–C–N with tert-alkyl or cyclic N) is 1. The Hall–Kier alpha value is -1.60. The topological polar surface area (TPSA) is 48.4 Å². The van der Waals surface area contributed by atoms with E-state index in [9.17, 15) is 5.11 Å². The fraction of sp³-hybridized carbons (Fsp3) is 0.652. The third-order valence-electron chi connectivity index (χ3n) is 5.39. The standard InChI is InChI=1S/C23H39N3O3/c1-6-24-10-12-26(13-11-24)17-21(27)18-29-22-9-8-20(14-23(22)28-5)16-25(7-2)15-19(3)4/h8-9,14,21,27H,3,6-7,10-13,15-18H2,1-2,4-5H3. The number of ether oxygens (including phenoxy) is 2. The molecule has 1 fully saturated rings. The molecule has 1 aromatic carbocycles. The summed E-state index contributed by atoms with van der Waals surface area (Å²) in [5.74, 6) is 1.38. The highest BCUT2D eigenvalue weighted by Crippen LogP contribution is 2.29. The number of nitrogens with zero attached hydrogens (tertiary/aromatic N) is 3. The van der Waals surface area contributed by atoms with Gasteiger partial charge in [0, 0.05) is 45.8 Å². The van der Waals surface area contributed by atoms with Gasteiger partial charge >= 0.3 is 0 Å². The average Bonchev–Trinajstić information content (AvgIpc) is 2.72. The fourth-order valence-electron chi connectivity index (χ4n) is 3.67. The first-order valence-corrected chi connectivity index (χ1v) is 10.7. The van der Waals surface area contributed by atoms with E-state index in [1.165, 1.54) is 5.56 Å². The number of likely N-dealkylation sites (N-methyl/N-ethyl adjacent to an activating group) is 2. The van der Waals surface area contributed by atoms with Gasteiger partial charge in [0.2, 0.25) is 0 Å². The molecule has 0 amide bonds. The summed E-state index contributed by atoms with van der Waals surface area (Å²) in [6.45, 7) is 19.2. The Kier molecular flexibility index (Phi) is 9.94. The van der Waals surface area contributed by atoms with E-state index in [-0.39, 0.29) is 6.61 Å². The number of aliphatic hydroxyl groups is 1. The van der Waals surface area contributed by atoms with Gasteiger partial charge in [0.15, 0.2) is 11.5 Å². The van der Waals surface area contributed by atoms with Gasteiger partial charge in [-0.25, -0.2) is 0 Å². The highest BCUT2D eigenvalue weighted by Gasteiger charge is 2.19. The van der Waals surface area contributed by atoms with E-state index >= 15 is 0 Å². The number of piperazine rings is 1. The molecule has 0 bridgehead atoms. The lowest BCUT2D eigenvalue weighted by Gasteiger charge is -2.34. The van der Waals surface area contributed by atoms with E-state index in [0.29, 0.717) is 18.0 Å². The maximum absolute atomic E-state index is 10.4. The molecule has 0 radical (unpaired) electrons. The zero-order valence-corrected chi connectivity index (χ0v) is 18.7. The van der Waals surface area contributed by atoms with Crippen molar-refractivity contribution in [3.05, 3.63) is 35.9 Å². The zero-order valence-electron chi connectivity index (χ0n) is 18.7.